The summed E-state index contributed by atoms with van der Waals surface area (Å²) in [7, 11) is 0. The van der Waals surface area contributed by atoms with Gasteiger partial charge in [0.1, 0.15) is 0 Å². The maximum Gasteiger partial charge on any atom is 0.251 e. The minimum Gasteiger partial charge on any atom is -0.349 e. The van der Waals surface area contributed by atoms with Crippen molar-refractivity contribution < 1.29 is 14.4 Å². The normalized spacial score (nSPS) is 20.0. The van der Waals surface area contributed by atoms with Gasteiger partial charge in [0.25, 0.3) is 5.91 Å². The third-order valence-electron chi connectivity index (χ3n) is 4.90. The summed E-state index contributed by atoms with van der Waals surface area (Å²) in [6, 6.07) is 7.30. The second-order valence-corrected chi connectivity index (χ2v) is 7.60. The zero-order chi connectivity index (χ0) is 18.7. The number of carbonyl (C=O) groups excluding carboxylic acids is 3. The fourth-order valence-corrected chi connectivity index (χ4v) is 3.24. The second kappa shape index (κ2) is 7.89. The van der Waals surface area contributed by atoms with Crippen LogP contribution in [0.25, 0.3) is 0 Å². The van der Waals surface area contributed by atoms with E-state index in [1.54, 1.807) is 29.2 Å². The van der Waals surface area contributed by atoms with Crippen LogP contribution in [0, 0.1) is 11.8 Å². The van der Waals surface area contributed by atoms with Crippen molar-refractivity contribution in [1.82, 2.24) is 10.2 Å². The number of hydrogen-bond donors (Lipinski definition) is 2. The number of anilines is 1. The van der Waals surface area contributed by atoms with Crippen molar-refractivity contribution in [3.63, 3.8) is 0 Å². The number of rotatable bonds is 5. The molecule has 0 spiro atoms. The first-order valence-corrected chi connectivity index (χ1v) is 9.44. The maximum atomic E-state index is 12.6. The Morgan fingerprint density at radius 2 is 1.92 bits per heavy atom. The van der Waals surface area contributed by atoms with Crippen LogP contribution in [-0.4, -0.2) is 41.8 Å². The monoisotopic (exact) mass is 357 g/mol. The van der Waals surface area contributed by atoms with E-state index in [0.29, 0.717) is 23.8 Å². The van der Waals surface area contributed by atoms with E-state index in [-0.39, 0.29) is 29.6 Å². The molecule has 1 atom stereocenters. The van der Waals surface area contributed by atoms with Crippen LogP contribution in [0.3, 0.4) is 0 Å². The molecule has 1 aromatic rings. The molecular formula is C20H27N3O3. The Hall–Kier alpha value is -2.37. The molecule has 140 valence electrons. The van der Waals surface area contributed by atoms with Gasteiger partial charge in [-0.15, -0.1) is 0 Å². The van der Waals surface area contributed by atoms with Gasteiger partial charge >= 0.3 is 0 Å². The van der Waals surface area contributed by atoms with Gasteiger partial charge in [-0.1, -0.05) is 19.9 Å². The molecule has 6 nitrogen and oxygen atoms in total. The number of nitrogens with one attached hydrogen (secondary N) is 2. The van der Waals surface area contributed by atoms with E-state index in [0.717, 1.165) is 32.2 Å². The van der Waals surface area contributed by atoms with Gasteiger partial charge < -0.3 is 15.5 Å². The Morgan fingerprint density at radius 3 is 2.62 bits per heavy atom. The van der Waals surface area contributed by atoms with E-state index < -0.39 is 0 Å². The summed E-state index contributed by atoms with van der Waals surface area (Å²) in [5.41, 5.74) is 1.17. The summed E-state index contributed by atoms with van der Waals surface area (Å²) in [5, 5.41) is 5.85. The Bertz CT molecular complexity index is 697. The largest absolute Gasteiger partial charge is 0.349 e. The van der Waals surface area contributed by atoms with E-state index in [2.05, 4.69) is 10.6 Å². The van der Waals surface area contributed by atoms with E-state index >= 15 is 0 Å². The van der Waals surface area contributed by atoms with Gasteiger partial charge in [-0.3, -0.25) is 14.4 Å². The molecule has 0 radical (unpaired) electrons. The van der Waals surface area contributed by atoms with Crippen LogP contribution in [-0.2, 0) is 9.59 Å². The number of carbonyl (C=O) groups is 3. The van der Waals surface area contributed by atoms with Crippen LogP contribution in [0.5, 0.6) is 0 Å². The zero-order valence-electron chi connectivity index (χ0n) is 15.5. The summed E-state index contributed by atoms with van der Waals surface area (Å²) >= 11 is 0. The van der Waals surface area contributed by atoms with Crippen LogP contribution < -0.4 is 10.6 Å². The third-order valence-corrected chi connectivity index (χ3v) is 4.90. The lowest BCUT2D eigenvalue weighted by atomic mass is 9.96. The van der Waals surface area contributed by atoms with Crippen molar-refractivity contribution in [3.8, 4) is 0 Å². The lowest BCUT2D eigenvalue weighted by Crippen LogP contribution is -2.45. The molecule has 1 unspecified atom stereocenters. The maximum absolute atomic E-state index is 12.6. The van der Waals surface area contributed by atoms with Crippen LogP contribution in [0.4, 0.5) is 5.69 Å². The number of hydrogen-bond acceptors (Lipinski definition) is 3. The molecule has 1 aliphatic heterocycles. The highest BCUT2D eigenvalue weighted by atomic mass is 16.2. The summed E-state index contributed by atoms with van der Waals surface area (Å²) < 4.78 is 0. The van der Waals surface area contributed by atoms with Gasteiger partial charge in [-0.2, -0.15) is 0 Å². The molecule has 1 aromatic carbocycles. The summed E-state index contributed by atoms with van der Waals surface area (Å²) in [5.74, 6) is -0.365. The zero-order valence-corrected chi connectivity index (χ0v) is 15.5. The molecule has 26 heavy (non-hydrogen) atoms. The number of amides is 3. The van der Waals surface area contributed by atoms with Crippen LogP contribution in [0.2, 0.25) is 0 Å². The second-order valence-electron chi connectivity index (χ2n) is 7.60. The topological polar surface area (TPSA) is 78.5 Å². The van der Waals surface area contributed by atoms with E-state index in [1.165, 1.54) is 0 Å². The van der Waals surface area contributed by atoms with Gasteiger partial charge in [0.05, 0.1) is 5.92 Å². The smallest absolute Gasteiger partial charge is 0.251 e. The number of likely N-dealkylation sites (tertiary alicyclic amines) is 1. The van der Waals surface area contributed by atoms with Crippen LogP contribution in [0.1, 0.15) is 49.9 Å². The van der Waals surface area contributed by atoms with Crippen molar-refractivity contribution in [1.29, 1.82) is 0 Å². The van der Waals surface area contributed by atoms with E-state index in [1.807, 2.05) is 13.8 Å². The molecule has 3 amide bonds. The molecule has 0 bridgehead atoms. The number of piperidine rings is 1. The summed E-state index contributed by atoms with van der Waals surface area (Å²) in [4.78, 5) is 38.7. The third kappa shape index (κ3) is 4.62. The SMILES string of the molecule is CC(C)C(=O)N1CCCC(C(=O)Nc2cccc(C(=O)NC3CC3)c2)C1. The molecule has 3 rings (SSSR count). The number of nitrogens with zero attached hydrogens (tertiary/aromatic N) is 1. The molecule has 6 heteroatoms. The molecule has 2 fully saturated rings. The summed E-state index contributed by atoms with van der Waals surface area (Å²) in [6.07, 6.45) is 3.68. The van der Waals surface area contributed by atoms with Crippen LogP contribution in [0.15, 0.2) is 24.3 Å². The van der Waals surface area contributed by atoms with Crippen molar-refractivity contribution in [2.45, 2.75) is 45.6 Å². The molecule has 1 saturated carbocycles. The van der Waals surface area contributed by atoms with E-state index in [9.17, 15) is 14.4 Å². The lowest BCUT2D eigenvalue weighted by Gasteiger charge is -2.33. The average Bonchev–Trinajstić information content (AvgIpc) is 3.45. The van der Waals surface area contributed by atoms with E-state index in [4.69, 9.17) is 0 Å². The first kappa shape index (κ1) is 18.4. The molecule has 1 saturated heterocycles. The first-order valence-electron chi connectivity index (χ1n) is 9.44. The van der Waals surface area contributed by atoms with Crippen molar-refractivity contribution in [2.75, 3.05) is 18.4 Å². The Morgan fingerprint density at radius 1 is 1.15 bits per heavy atom. The molecule has 1 aliphatic carbocycles. The predicted octanol–water partition coefficient (Wildman–Crippen LogP) is 2.41. The summed E-state index contributed by atoms with van der Waals surface area (Å²) in [6.45, 7) is 4.94. The molecule has 0 aromatic heterocycles. The molecule has 1 heterocycles. The highest BCUT2D eigenvalue weighted by Gasteiger charge is 2.29. The standard InChI is InChI=1S/C20H27N3O3/c1-13(2)20(26)23-10-4-6-15(12-23)19(25)22-17-7-3-5-14(11-17)18(24)21-16-8-9-16/h3,5,7,11,13,15-16H,4,6,8-10,12H2,1-2H3,(H,21,24)(H,22,25). The highest BCUT2D eigenvalue weighted by Crippen LogP contribution is 2.22. The van der Waals surface area contributed by atoms with Gasteiger partial charge in [-0.05, 0) is 43.9 Å². The van der Waals surface area contributed by atoms with Crippen molar-refractivity contribution in [3.05, 3.63) is 29.8 Å². The van der Waals surface area contributed by atoms with Gasteiger partial charge in [0, 0.05) is 36.3 Å². The average molecular weight is 357 g/mol. The molecular weight excluding hydrogens is 330 g/mol. The van der Waals surface area contributed by atoms with Crippen LogP contribution >= 0.6 is 0 Å². The van der Waals surface area contributed by atoms with Crippen molar-refractivity contribution >= 4 is 23.4 Å². The highest BCUT2D eigenvalue weighted by molar-refractivity contribution is 5.98. The first-order chi connectivity index (χ1) is 12.4. The number of benzene rings is 1. The lowest BCUT2D eigenvalue weighted by molar-refractivity contribution is -0.137. The fraction of sp³-hybridized carbons (Fsp3) is 0.550. The Balaban J connectivity index is 1.60. The molecule has 2 N–H and O–H groups in total. The Kier molecular flexibility index (Phi) is 5.59. The van der Waals surface area contributed by atoms with Gasteiger partial charge in [0.2, 0.25) is 11.8 Å². The quantitative estimate of drug-likeness (QED) is 0.849. The van der Waals surface area contributed by atoms with Gasteiger partial charge in [0.15, 0.2) is 0 Å². The predicted molar refractivity (Wildman–Crippen MR) is 99.7 cm³/mol. The fourth-order valence-electron chi connectivity index (χ4n) is 3.24. The minimum absolute atomic E-state index is 0.0570. The molecule has 2 aliphatic rings. The van der Waals surface area contributed by atoms with Gasteiger partial charge in [-0.25, -0.2) is 0 Å². The minimum atomic E-state index is -0.213. The van der Waals surface area contributed by atoms with Crippen molar-refractivity contribution in [2.24, 2.45) is 11.8 Å². The Labute approximate surface area is 154 Å².